The van der Waals surface area contributed by atoms with Gasteiger partial charge in [0.2, 0.25) is 11.3 Å². The number of piperazine rings is 1. The molecule has 4 rings (SSSR count). The first-order valence-corrected chi connectivity index (χ1v) is 9.90. The lowest BCUT2D eigenvalue weighted by Gasteiger charge is -2.26. The van der Waals surface area contributed by atoms with E-state index in [0.717, 1.165) is 5.56 Å². The van der Waals surface area contributed by atoms with E-state index in [2.05, 4.69) is 5.32 Å². The van der Waals surface area contributed by atoms with Gasteiger partial charge < -0.3 is 19.5 Å². The van der Waals surface area contributed by atoms with E-state index in [9.17, 15) is 19.2 Å². The van der Waals surface area contributed by atoms with Crippen LogP contribution in [0.25, 0.3) is 10.9 Å². The fourth-order valence-electron chi connectivity index (χ4n) is 3.55. The lowest BCUT2D eigenvalue weighted by atomic mass is 10.1. The first-order valence-electron chi connectivity index (χ1n) is 9.90. The summed E-state index contributed by atoms with van der Waals surface area (Å²) < 4.78 is 6.96. The molecule has 2 amide bonds. The monoisotopic (exact) mass is 419 g/mol. The number of amides is 2. The van der Waals surface area contributed by atoms with Gasteiger partial charge >= 0.3 is 5.97 Å². The van der Waals surface area contributed by atoms with Crippen LogP contribution in [-0.4, -0.2) is 53.5 Å². The molecule has 1 aliphatic heterocycles. The summed E-state index contributed by atoms with van der Waals surface area (Å²) in [5.74, 6) is -1.61. The summed E-state index contributed by atoms with van der Waals surface area (Å²) in [7, 11) is 0. The van der Waals surface area contributed by atoms with E-state index in [-0.39, 0.29) is 18.0 Å². The highest BCUT2D eigenvalue weighted by Crippen LogP contribution is 2.15. The molecule has 2 aromatic carbocycles. The quantitative estimate of drug-likeness (QED) is 0.626. The fourth-order valence-corrected chi connectivity index (χ4v) is 3.55. The molecule has 1 aliphatic rings. The average Bonchev–Trinajstić information content (AvgIpc) is 2.80. The van der Waals surface area contributed by atoms with Crippen molar-refractivity contribution in [3.05, 3.63) is 82.1 Å². The Morgan fingerprint density at radius 2 is 1.74 bits per heavy atom. The van der Waals surface area contributed by atoms with E-state index in [4.69, 9.17) is 4.74 Å². The van der Waals surface area contributed by atoms with Gasteiger partial charge in [0.1, 0.15) is 5.56 Å². The number of esters is 1. The van der Waals surface area contributed by atoms with Gasteiger partial charge in [-0.1, -0.05) is 42.5 Å². The normalized spacial score (nSPS) is 13.7. The van der Waals surface area contributed by atoms with Crippen LogP contribution in [0.1, 0.15) is 15.9 Å². The maximum Gasteiger partial charge on any atom is 0.344 e. The van der Waals surface area contributed by atoms with Crippen LogP contribution in [0.3, 0.4) is 0 Å². The van der Waals surface area contributed by atoms with E-state index < -0.39 is 23.9 Å². The van der Waals surface area contributed by atoms with Crippen LogP contribution >= 0.6 is 0 Å². The number of rotatable bonds is 5. The molecule has 1 saturated heterocycles. The molecule has 158 valence electrons. The van der Waals surface area contributed by atoms with Crippen LogP contribution in [0.5, 0.6) is 0 Å². The first kappa shape index (κ1) is 20.3. The molecular weight excluding hydrogens is 398 g/mol. The SMILES string of the molecule is O=C1CN(C(=O)COC(=O)c2cn(Cc3ccccc3)c3ccccc3c2=O)CCN1. The first-order chi connectivity index (χ1) is 15.0. The molecule has 8 heteroatoms. The minimum absolute atomic E-state index is 0.0732. The van der Waals surface area contributed by atoms with E-state index >= 15 is 0 Å². The summed E-state index contributed by atoms with van der Waals surface area (Å²) in [6.45, 7) is 0.562. The molecule has 8 nitrogen and oxygen atoms in total. The number of nitrogens with zero attached hydrogens (tertiary/aromatic N) is 2. The Labute approximate surface area is 178 Å². The van der Waals surface area contributed by atoms with Gasteiger partial charge in [-0.3, -0.25) is 14.4 Å². The molecule has 0 aliphatic carbocycles. The predicted molar refractivity (Wildman–Crippen MR) is 114 cm³/mol. The predicted octanol–water partition coefficient (Wildman–Crippen LogP) is 1.16. The number of pyridine rings is 1. The molecule has 3 aromatic rings. The number of fused-ring (bicyclic) bond motifs is 1. The third-order valence-corrected chi connectivity index (χ3v) is 5.12. The molecule has 0 saturated carbocycles. The van der Waals surface area contributed by atoms with Crippen molar-refractivity contribution < 1.29 is 19.1 Å². The van der Waals surface area contributed by atoms with Crippen molar-refractivity contribution in [3.63, 3.8) is 0 Å². The molecule has 1 N–H and O–H groups in total. The number of carbonyl (C=O) groups excluding carboxylic acids is 3. The van der Waals surface area contributed by atoms with Gasteiger partial charge in [0, 0.05) is 31.2 Å². The number of hydrogen-bond acceptors (Lipinski definition) is 5. The van der Waals surface area contributed by atoms with Crippen molar-refractivity contribution in [1.82, 2.24) is 14.8 Å². The van der Waals surface area contributed by atoms with Crippen molar-refractivity contribution in [1.29, 1.82) is 0 Å². The molecular formula is C23H21N3O5. The zero-order valence-electron chi connectivity index (χ0n) is 16.7. The highest BCUT2D eigenvalue weighted by Gasteiger charge is 2.23. The standard InChI is InChI=1S/C23H21N3O5/c27-20-14-25(11-10-24-20)21(28)15-31-23(30)18-13-26(12-16-6-2-1-3-7-16)19-9-5-4-8-17(19)22(18)29/h1-9,13H,10-12,14-15H2,(H,24,27). The van der Waals surface area contributed by atoms with Crippen molar-refractivity contribution in [3.8, 4) is 0 Å². The lowest BCUT2D eigenvalue weighted by molar-refractivity contribution is -0.140. The van der Waals surface area contributed by atoms with E-state index in [0.29, 0.717) is 30.5 Å². The number of aromatic nitrogens is 1. The summed E-state index contributed by atoms with van der Waals surface area (Å²) in [6, 6.07) is 16.7. The van der Waals surface area contributed by atoms with Crippen LogP contribution in [0.2, 0.25) is 0 Å². The zero-order valence-corrected chi connectivity index (χ0v) is 16.7. The fraction of sp³-hybridized carbons (Fsp3) is 0.217. The lowest BCUT2D eigenvalue weighted by Crippen LogP contribution is -2.51. The summed E-state index contributed by atoms with van der Waals surface area (Å²) in [5.41, 5.74) is 1.12. The maximum absolute atomic E-state index is 12.9. The van der Waals surface area contributed by atoms with E-state index in [1.165, 1.54) is 11.1 Å². The number of benzene rings is 2. The summed E-state index contributed by atoms with van der Waals surface area (Å²) in [4.78, 5) is 50.6. The van der Waals surface area contributed by atoms with Gasteiger partial charge in [-0.2, -0.15) is 0 Å². The molecule has 0 unspecified atom stereocenters. The minimum atomic E-state index is -0.868. The van der Waals surface area contributed by atoms with Gasteiger partial charge in [-0.15, -0.1) is 0 Å². The van der Waals surface area contributed by atoms with Crippen molar-refractivity contribution in [2.24, 2.45) is 0 Å². The third kappa shape index (κ3) is 4.48. The summed E-state index contributed by atoms with van der Waals surface area (Å²) in [6.07, 6.45) is 1.47. The summed E-state index contributed by atoms with van der Waals surface area (Å²) >= 11 is 0. The topological polar surface area (TPSA) is 97.7 Å². The second-order valence-electron chi connectivity index (χ2n) is 7.24. The third-order valence-electron chi connectivity index (χ3n) is 5.12. The molecule has 2 heterocycles. The largest absolute Gasteiger partial charge is 0.452 e. The number of para-hydroxylation sites is 1. The summed E-state index contributed by atoms with van der Waals surface area (Å²) in [5, 5.41) is 3.02. The van der Waals surface area contributed by atoms with E-state index in [1.807, 2.05) is 47.0 Å². The van der Waals surface area contributed by atoms with E-state index in [1.54, 1.807) is 12.1 Å². The highest BCUT2D eigenvalue weighted by atomic mass is 16.5. The number of nitrogens with one attached hydrogen (secondary N) is 1. The Hall–Kier alpha value is -3.94. The molecule has 1 aromatic heterocycles. The number of carbonyl (C=O) groups is 3. The van der Waals surface area contributed by atoms with Crippen LogP contribution < -0.4 is 10.7 Å². The van der Waals surface area contributed by atoms with Gasteiger partial charge in [0.15, 0.2) is 6.61 Å². The molecule has 0 spiro atoms. The van der Waals surface area contributed by atoms with Crippen LogP contribution in [0.4, 0.5) is 0 Å². The van der Waals surface area contributed by atoms with Crippen molar-refractivity contribution in [2.75, 3.05) is 26.2 Å². The number of hydrogen-bond donors (Lipinski definition) is 1. The molecule has 1 fully saturated rings. The molecule has 31 heavy (non-hydrogen) atoms. The van der Waals surface area contributed by atoms with Gasteiger partial charge in [-0.05, 0) is 17.7 Å². The number of ether oxygens (including phenoxy) is 1. The van der Waals surface area contributed by atoms with Crippen LogP contribution in [-0.2, 0) is 20.9 Å². The molecule has 0 bridgehead atoms. The second-order valence-corrected chi connectivity index (χ2v) is 7.24. The Bertz CT molecular complexity index is 1200. The zero-order chi connectivity index (χ0) is 21.8. The van der Waals surface area contributed by atoms with Crippen molar-refractivity contribution in [2.45, 2.75) is 6.54 Å². The molecule has 0 atom stereocenters. The second kappa shape index (κ2) is 8.83. The van der Waals surface area contributed by atoms with Crippen molar-refractivity contribution >= 4 is 28.7 Å². The van der Waals surface area contributed by atoms with Crippen LogP contribution in [0, 0.1) is 0 Å². The smallest absolute Gasteiger partial charge is 0.344 e. The Balaban J connectivity index is 1.58. The average molecular weight is 419 g/mol. The Morgan fingerprint density at radius 3 is 2.52 bits per heavy atom. The molecule has 0 radical (unpaired) electrons. The Morgan fingerprint density at radius 1 is 1.00 bits per heavy atom. The van der Waals surface area contributed by atoms with Crippen LogP contribution in [0.15, 0.2) is 65.6 Å². The Kier molecular flexibility index (Phi) is 5.79. The van der Waals surface area contributed by atoms with Gasteiger partial charge in [-0.25, -0.2) is 4.79 Å². The maximum atomic E-state index is 12.9. The minimum Gasteiger partial charge on any atom is -0.452 e. The van der Waals surface area contributed by atoms with Gasteiger partial charge in [0.05, 0.1) is 12.1 Å². The van der Waals surface area contributed by atoms with Gasteiger partial charge in [0.25, 0.3) is 5.91 Å². The highest BCUT2D eigenvalue weighted by molar-refractivity contribution is 5.95.